The molecule has 0 aromatic heterocycles. The van der Waals surface area contributed by atoms with E-state index in [2.05, 4.69) is 97.1 Å². The van der Waals surface area contributed by atoms with Crippen molar-refractivity contribution in [1.82, 2.24) is 0 Å². The Morgan fingerprint density at radius 3 is 2.69 bits per heavy atom. The second kappa shape index (κ2) is 6.09. The standard InChI is InChI=1S/C25H25I/c1-25(2)23-14-17(20-9-5-7-16-6-3-4-8-19(16)20)10-12-21(23)22-13-11-18(26)15-24(22)25/h3-9,11,13-14,21,23-24H,10,12,15H2,1-2H3. The molecule has 0 spiro atoms. The van der Waals surface area contributed by atoms with Crippen LogP contribution < -0.4 is 0 Å². The molecule has 0 aliphatic heterocycles. The van der Waals surface area contributed by atoms with Gasteiger partial charge in [0.15, 0.2) is 0 Å². The first-order valence-corrected chi connectivity index (χ1v) is 10.9. The maximum atomic E-state index is 2.65. The van der Waals surface area contributed by atoms with Gasteiger partial charge in [-0.1, -0.05) is 80.1 Å². The maximum absolute atomic E-state index is 2.65. The molecule has 132 valence electrons. The molecule has 26 heavy (non-hydrogen) atoms. The van der Waals surface area contributed by atoms with Gasteiger partial charge in [-0.25, -0.2) is 0 Å². The van der Waals surface area contributed by atoms with Crippen molar-refractivity contribution in [2.24, 2.45) is 23.2 Å². The Kier molecular flexibility index (Phi) is 3.93. The van der Waals surface area contributed by atoms with Crippen molar-refractivity contribution >= 4 is 38.9 Å². The molecule has 3 atom stereocenters. The first kappa shape index (κ1) is 16.8. The first-order chi connectivity index (χ1) is 12.6. The molecule has 0 radical (unpaired) electrons. The fraction of sp³-hybridized carbons (Fsp3) is 0.360. The lowest BCUT2D eigenvalue weighted by atomic mass is 9.69. The fourth-order valence-corrected chi connectivity index (χ4v) is 6.35. The van der Waals surface area contributed by atoms with E-state index >= 15 is 0 Å². The zero-order chi connectivity index (χ0) is 17.9. The number of benzene rings is 2. The normalized spacial score (nSPS) is 29.5. The highest BCUT2D eigenvalue weighted by Crippen LogP contribution is 2.61. The first-order valence-electron chi connectivity index (χ1n) is 9.80. The molecular formula is C25H25I. The van der Waals surface area contributed by atoms with E-state index in [4.69, 9.17) is 0 Å². The Morgan fingerprint density at radius 1 is 1.00 bits per heavy atom. The highest BCUT2D eigenvalue weighted by Gasteiger charge is 2.52. The van der Waals surface area contributed by atoms with Gasteiger partial charge in [0.2, 0.25) is 0 Å². The summed E-state index contributed by atoms with van der Waals surface area (Å²) in [4.78, 5) is 0. The molecule has 2 aromatic rings. The average Bonchev–Trinajstić information content (AvgIpc) is 2.88. The Hall–Kier alpha value is -1.35. The lowest BCUT2D eigenvalue weighted by Crippen LogP contribution is -2.27. The highest BCUT2D eigenvalue weighted by atomic mass is 127. The van der Waals surface area contributed by atoms with E-state index in [1.807, 2.05) is 0 Å². The van der Waals surface area contributed by atoms with Crippen LogP contribution in [0.25, 0.3) is 16.3 Å². The van der Waals surface area contributed by atoms with Crippen LogP contribution in [0.2, 0.25) is 0 Å². The summed E-state index contributed by atoms with van der Waals surface area (Å²) in [5.41, 5.74) is 5.10. The molecule has 3 aliphatic rings. The predicted molar refractivity (Wildman–Crippen MR) is 120 cm³/mol. The fourth-order valence-electron chi connectivity index (χ4n) is 5.73. The van der Waals surface area contributed by atoms with Crippen molar-refractivity contribution in [3.63, 3.8) is 0 Å². The van der Waals surface area contributed by atoms with Crippen LogP contribution in [0.1, 0.15) is 38.7 Å². The molecule has 1 heteroatoms. The van der Waals surface area contributed by atoms with Gasteiger partial charge in [0.25, 0.3) is 0 Å². The zero-order valence-electron chi connectivity index (χ0n) is 15.5. The molecule has 1 saturated carbocycles. The molecule has 3 aliphatic carbocycles. The number of halogens is 1. The maximum Gasteiger partial charge on any atom is -0.00879 e. The largest absolute Gasteiger partial charge is 0.0764 e. The molecule has 3 unspecified atom stereocenters. The van der Waals surface area contributed by atoms with Gasteiger partial charge in [0, 0.05) is 0 Å². The van der Waals surface area contributed by atoms with Crippen molar-refractivity contribution in [2.45, 2.75) is 33.1 Å². The summed E-state index contributed by atoms with van der Waals surface area (Å²) in [6, 6.07) is 15.6. The van der Waals surface area contributed by atoms with E-state index in [0.29, 0.717) is 11.3 Å². The topological polar surface area (TPSA) is 0 Å². The summed E-state index contributed by atoms with van der Waals surface area (Å²) in [7, 11) is 0. The van der Waals surface area contributed by atoms with Gasteiger partial charge in [0.05, 0.1) is 0 Å². The Bertz CT molecular complexity index is 967. The van der Waals surface area contributed by atoms with Crippen LogP contribution >= 0.6 is 22.6 Å². The van der Waals surface area contributed by atoms with Crippen LogP contribution in [0.5, 0.6) is 0 Å². The summed E-state index contributed by atoms with van der Waals surface area (Å²) in [5.74, 6) is 2.13. The van der Waals surface area contributed by atoms with Crippen LogP contribution in [0.4, 0.5) is 0 Å². The van der Waals surface area contributed by atoms with Crippen molar-refractivity contribution in [1.29, 1.82) is 0 Å². The third-order valence-electron chi connectivity index (χ3n) is 7.12. The van der Waals surface area contributed by atoms with Gasteiger partial charge in [-0.2, -0.15) is 0 Å². The smallest absolute Gasteiger partial charge is 0.00879 e. The number of hydrogen-bond acceptors (Lipinski definition) is 0. The minimum atomic E-state index is 0.345. The lowest BCUT2D eigenvalue weighted by Gasteiger charge is -2.35. The molecule has 2 aromatic carbocycles. The van der Waals surface area contributed by atoms with Crippen molar-refractivity contribution in [2.75, 3.05) is 0 Å². The third-order valence-corrected chi connectivity index (χ3v) is 7.92. The summed E-state index contributed by atoms with van der Waals surface area (Å²) >= 11 is 2.53. The molecule has 1 fully saturated rings. The number of allylic oxidation sites excluding steroid dienone is 6. The molecule has 0 bridgehead atoms. The molecule has 0 nitrogen and oxygen atoms in total. The third kappa shape index (κ3) is 2.46. The van der Waals surface area contributed by atoms with Crippen LogP contribution in [-0.2, 0) is 0 Å². The van der Waals surface area contributed by atoms with Crippen molar-refractivity contribution < 1.29 is 0 Å². The van der Waals surface area contributed by atoms with Crippen LogP contribution in [0.15, 0.2) is 69.8 Å². The number of fused-ring (bicyclic) bond motifs is 4. The minimum Gasteiger partial charge on any atom is -0.0764 e. The predicted octanol–water partition coefficient (Wildman–Crippen LogP) is 7.55. The number of rotatable bonds is 1. The van der Waals surface area contributed by atoms with E-state index in [1.54, 1.807) is 11.1 Å². The van der Waals surface area contributed by atoms with Gasteiger partial charge in [0.1, 0.15) is 0 Å². The Morgan fingerprint density at radius 2 is 1.81 bits per heavy atom. The van der Waals surface area contributed by atoms with E-state index in [9.17, 15) is 0 Å². The molecular weight excluding hydrogens is 427 g/mol. The summed E-state index contributed by atoms with van der Waals surface area (Å²) in [6.45, 7) is 5.02. The van der Waals surface area contributed by atoms with Crippen LogP contribution in [0, 0.1) is 23.2 Å². The van der Waals surface area contributed by atoms with Crippen LogP contribution in [-0.4, -0.2) is 0 Å². The molecule has 5 rings (SSSR count). The van der Waals surface area contributed by atoms with Gasteiger partial charge in [-0.15, -0.1) is 0 Å². The molecule has 0 heterocycles. The molecule has 0 saturated heterocycles. The summed E-state index contributed by atoms with van der Waals surface area (Å²) in [5, 5.41) is 2.76. The van der Waals surface area contributed by atoms with Gasteiger partial charge in [-0.3, -0.25) is 0 Å². The van der Waals surface area contributed by atoms with Crippen molar-refractivity contribution in [3.05, 3.63) is 75.4 Å². The second-order valence-corrected chi connectivity index (χ2v) is 10.1. The molecule has 0 N–H and O–H groups in total. The Labute approximate surface area is 170 Å². The van der Waals surface area contributed by atoms with Crippen molar-refractivity contribution in [3.8, 4) is 0 Å². The number of hydrogen-bond donors (Lipinski definition) is 0. The zero-order valence-corrected chi connectivity index (χ0v) is 17.7. The molecule has 0 amide bonds. The van der Waals surface area contributed by atoms with Gasteiger partial charge < -0.3 is 0 Å². The van der Waals surface area contributed by atoms with E-state index in [0.717, 1.165) is 11.8 Å². The lowest BCUT2D eigenvalue weighted by molar-refractivity contribution is 0.205. The summed E-state index contributed by atoms with van der Waals surface area (Å²) < 4.78 is 1.52. The second-order valence-electron chi connectivity index (χ2n) is 8.75. The highest BCUT2D eigenvalue weighted by molar-refractivity contribution is 14.1. The average molecular weight is 452 g/mol. The van der Waals surface area contributed by atoms with E-state index in [1.165, 1.54) is 39.2 Å². The van der Waals surface area contributed by atoms with Gasteiger partial charge >= 0.3 is 0 Å². The minimum absolute atomic E-state index is 0.345. The monoisotopic (exact) mass is 452 g/mol. The SMILES string of the molecule is CC1(C)C2CC(I)=CC=C2C2CCC(c3cccc4ccccc34)=CC21. The van der Waals surface area contributed by atoms with Crippen LogP contribution in [0.3, 0.4) is 0 Å². The van der Waals surface area contributed by atoms with E-state index < -0.39 is 0 Å². The quantitative estimate of drug-likeness (QED) is 0.392. The summed E-state index contributed by atoms with van der Waals surface area (Å²) in [6.07, 6.45) is 11.2. The Balaban J connectivity index is 1.60. The van der Waals surface area contributed by atoms with E-state index in [-0.39, 0.29) is 0 Å². The van der Waals surface area contributed by atoms with Gasteiger partial charge in [-0.05, 0) is 90.5 Å².